The van der Waals surface area contributed by atoms with Crippen LogP contribution in [-0.2, 0) is 26.7 Å². The van der Waals surface area contributed by atoms with Crippen molar-refractivity contribution >= 4 is 32.6 Å². The Morgan fingerprint density at radius 1 is 1.39 bits per heavy atom. The highest BCUT2D eigenvalue weighted by Crippen LogP contribution is 2.52. The van der Waals surface area contributed by atoms with Crippen LogP contribution in [0.25, 0.3) is 16.2 Å². The third-order valence-electron chi connectivity index (χ3n) is 5.06. The third-order valence-corrected chi connectivity index (χ3v) is 6.67. The van der Waals surface area contributed by atoms with E-state index in [0.717, 1.165) is 11.5 Å². The molecule has 1 aliphatic carbocycles. The van der Waals surface area contributed by atoms with E-state index >= 15 is 0 Å². The first-order valence-electron chi connectivity index (χ1n) is 8.47. The highest BCUT2D eigenvalue weighted by atomic mass is 32.2. The zero-order valence-corrected chi connectivity index (χ0v) is 16.6. The van der Waals surface area contributed by atoms with Crippen LogP contribution >= 0.6 is 11.5 Å². The van der Waals surface area contributed by atoms with E-state index in [-0.39, 0.29) is 28.7 Å². The van der Waals surface area contributed by atoms with Crippen molar-refractivity contribution in [1.82, 2.24) is 18.5 Å². The van der Waals surface area contributed by atoms with Crippen molar-refractivity contribution in [2.24, 2.45) is 5.14 Å². The fourth-order valence-corrected chi connectivity index (χ4v) is 4.91. The molecule has 0 aliphatic heterocycles. The van der Waals surface area contributed by atoms with Crippen molar-refractivity contribution in [2.75, 3.05) is 20.4 Å². The maximum Gasteiger partial charge on any atom is 0.335 e. The van der Waals surface area contributed by atoms with Crippen LogP contribution in [-0.4, -0.2) is 47.3 Å². The summed E-state index contributed by atoms with van der Waals surface area (Å²) in [5.41, 5.74) is -0.392. The standard InChI is InChI=1S/C16H18FN5O4S2/c1-26-7-6-21-10-2-3-11(28(18,24)25)12(16(8-17)4-5-16)13(10)22(15(21)23)14-19-9-20-27-14/h2-3,9H,4-8H2,1H3,(H2,18,24,25). The Morgan fingerprint density at radius 3 is 2.68 bits per heavy atom. The van der Waals surface area contributed by atoms with Gasteiger partial charge in [0, 0.05) is 29.6 Å². The van der Waals surface area contributed by atoms with Crippen LogP contribution in [0.5, 0.6) is 0 Å². The number of fused-ring (bicyclic) bond motifs is 1. The first-order chi connectivity index (χ1) is 13.3. The number of nitrogens with zero attached hydrogens (tertiary/aromatic N) is 4. The molecular formula is C16H18FN5O4S2. The van der Waals surface area contributed by atoms with Crippen molar-refractivity contribution < 1.29 is 17.5 Å². The molecule has 12 heteroatoms. The van der Waals surface area contributed by atoms with Crippen LogP contribution in [0.15, 0.2) is 28.2 Å². The summed E-state index contributed by atoms with van der Waals surface area (Å²) in [6, 6.07) is 2.86. The minimum Gasteiger partial charge on any atom is -0.383 e. The Kier molecular flexibility index (Phi) is 4.61. The molecule has 0 radical (unpaired) electrons. The van der Waals surface area contributed by atoms with Crippen molar-refractivity contribution in [2.45, 2.75) is 29.7 Å². The van der Waals surface area contributed by atoms with Crippen LogP contribution in [0.2, 0.25) is 0 Å². The fourth-order valence-electron chi connectivity index (χ4n) is 3.52. The smallest absolute Gasteiger partial charge is 0.335 e. The van der Waals surface area contributed by atoms with Gasteiger partial charge < -0.3 is 4.74 Å². The molecule has 1 aromatic carbocycles. The Hall–Kier alpha value is -2.15. The number of ether oxygens (including phenoxy) is 1. The molecule has 2 heterocycles. The lowest BCUT2D eigenvalue weighted by atomic mass is 9.95. The molecule has 0 atom stereocenters. The summed E-state index contributed by atoms with van der Waals surface area (Å²) < 4.78 is 50.3. The second-order valence-corrected chi connectivity index (χ2v) is 9.04. The molecule has 0 amide bonds. The molecule has 1 aliphatic rings. The Morgan fingerprint density at radius 2 is 2.14 bits per heavy atom. The Balaban J connectivity index is 2.18. The highest BCUT2D eigenvalue weighted by Gasteiger charge is 2.49. The summed E-state index contributed by atoms with van der Waals surface area (Å²) in [6.45, 7) is -0.230. The molecule has 3 aromatic rings. The van der Waals surface area contributed by atoms with Gasteiger partial charge in [-0.25, -0.2) is 27.9 Å². The van der Waals surface area contributed by atoms with E-state index in [2.05, 4.69) is 9.36 Å². The lowest BCUT2D eigenvalue weighted by Crippen LogP contribution is -2.25. The van der Waals surface area contributed by atoms with Gasteiger partial charge in [-0.3, -0.25) is 8.96 Å². The van der Waals surface area contributed by atoms with Gasteiger partial charge in [-0.15, -0.1) is 0 Å². The number of benzene rings is 1. The quantitative estimate of drug-likeness (QED) is 0.599. The monoisotopic (exact) mass is 427 g/mol. The van der Waals surface area contributed by atoms with Crippen LogP contribution in [0.3, 0.4) is 0 Å². The number of rotatable bonds is 7. The fraction of sp³-hybridized carbons (Fsp3) is 0.438. The van der Waals surface area contributed by atoms with Gasteiger partial charge in [0.2, 0.25) is 15.2 Å². The topological polar surface area (TPSA) is 122 Å². The van der Waals surface area contributed by atoms with E-state index in [1.54, 1.807) is 0 Å². The summed E-state index contributed by atoms with van der Waals surface area (Å²) in [5, 5.41) is 5.70. The normalized spacial score (nSPS) is 16.0. The number of sulfonamides is 1. The molecule has 0 bridgehead atoms. The van der Waals surface area contributed by atoms with Crippen LogP contribution in [0.1, 0.15) is 18.4 Å². The lowest BCUT2D eigenvalue weighted by molar-refractivity contribution is 0.187. The second-order valence-electron chi connectivity index (χ2n) is 6.75. The van der Waals surface area contributed by atoms with Crippen LogP contribution in [0.4, 0.5) is 4.39 Å². The molecule has 1 saturated carbocycles. The minimum absolute atomic E-state index is 0.169. The largest absolute Gasteiger partial charge is 0.383 e. The number of primary sulfonamides is 1. The number of hydrogen-bond acceptors (Lipinski definition) is 7. The number of methoxy groups -OCH3 is 1. The van der Waals surface area contributed by atoms with E-state index in [1.807, 2.05) is 0 Å². The summed E-state index contributed by atoms with van der Waals surface area (Å²) in [6.07, 6.45) is 2.24. The summed E-state index contributed by atoms with van der Waals surface area (Å²) in [4.78, 5) is 17.1. The average Bonchev–Trinajstić information content (AvgIpc) is 3.16. The molecule has 2 N–H and O–H groups in total. The number of imidazole rings is 1. The molecule has 0 unspecified atom stereocenters. The third kappa shape index (κ3) is 2.87. The molecule has 1 fully saturated rings. The van der Waals surface area contributed by atoms with Crippen molar-refractivity contribution in [3.05, 3.63) is 34.5 Å². The van der Waals surface area contributed by atoms with Crippen molar-refractivity contribution in [3.63, 3.8) is 0 Å². The van der Waals surface area contributed by atoms with Gasteiger partial charge in [-0.1, -0.05) is 0 Å². The second kappa shape index (κ2) is 6.72. The van der Waals surface area contributed by atoms with E-state index < -0.39 is 27.8 Å². The van der Waals surface area contributed by atoms with Crippen molar-refractivity contribution in [1.29, 1.82) is 0 Å². The number of alkyl halides is 1. The maximum absolute atomic E-state index is 14.0. The van der Waals surface area contributed by atoms with Crippen molar-refractivity contribution in [3.8, 4) is 5.13 Å². The molecule has 28 heavy (non-hydrogen) atoms. The van der Waals surface area contributed by atoms with Crippen LogP contribution in [0, 0.1) is 0 Å². The first kappa shape index (κ1) is 19.2. The number of aromatic nitrogens is 4. The van der Waals surface area contributed by atoms with Crippen LogP contribution < -0.4 is 10.8 Å². The first-order valence-corrected chi connectivity index (χ1v) is 10.8. The number of nitrogens with two attached hydrogens (primary N) is 1. The van der Waals surface area contributed by atoms with E-state index in [9.17, 15) is 17.6 Å². The van der Waals surface area contributed by atoms with Gasteiger partial charge in [0.1, 0.15) is 6.33 Å². The molecule has 4 rings (SSSR count). The van der Waals surface area contributed by atoms with E-state index in [4.69, 9.17) is 9.88 Å². The Labute approximate surface area is 163 Å². The number of hydrogen-bond donors (Lipinski definition) is 1. The molecular weight excluding hydrogens is 409 g/mol. The van der Waals surface area contributed by atoms with E-state index in [1.165, 1.54) is 34.7 Å². The number of halogens is 1. The zero-order valence-electron chi connectivity index (χ0n) is 15.0. The predicted molar refractivity (Wildman–Crippen MR) is 101 cm³/mol. The SMILES string of the molecule is COCCn1c(=O)n(-c2ncns2)c2c(C3(CF)CC3)c(S(N)(=O)=O)ccc21. The Bertz CT molecular complexity index is 1200. The molecule has 9 nitrogen and oxygen atoms in total. The summed E-state index contributed by atoms with van der Waals surface area (Å²) in [7, 11) is -2.62. The predicted octanol–water partition coefficient (Wildman–Crippen LogP) is 0.939. The van der Waals surface area contributed by atoms with Gasteiger partial charge >= 0.3 is 5.69 Å². The van der Waals surface area contributed by atoms with Gasteiger partial charge in [0.15, 0.2) is 0 Å². The summed E-state index contributed by atoms with van der Waals surface area (Å²) >= 11 is 0.986. The van der Waals surface area contributed by atoms with Gasteiger partial charge in [0.25, 0.3) is 0 Å². The highest BCUT2D eigenvalue weighted by molar-refractivity contribution is 7.89. The zero-order chi connectivity index (χ0) is 20.1. The molecule has 2 aromatic heterocycles. The maximum atomic E-state index is 14.0. The lowest BCUT2D eigenvalue weighted by Gasteiger charge is -2.18. The molecule has 150 valence electrons. The van der Waals surface area contributed by atoms with Gasteiger partial charge in [-0.05, 0) is 25.0 Å². The van der Waals surface area contributed by atoms with E-state index in [0.29, 0.717) is 23.9 Å². The minimum atomic E-state index is -4.13. The summed E-state index contributed by atoms with van der Waals surface area (Å²) in [5.74, 6) is 0. The molecule has 0 saturated heterocycles. The van der Waals surface area contributed by atoms with Gasteiger partial charge in [-0.2, -0.15) is 4.37 Å². The average molecular weight is 427 g/mol. The molecule has 0 spiro atoms. The van der Waals surface area contributed by atoms with Gasteiger partial charge in [0.05, 0.1) is 35.8 Å².